The van der Waals surface area contributed by atoms with Crippen LogP contribution in [0.3, 0.4) is 0 Å². The molecule has 2 aliphatic rings. The smallest absolute Gasteiger partial charge is 0.322 e. The van der Waals surface area contributed by atoms with E-state index in [0.717, 1.165) is 11.3 Å². The quantitative estimate of drug-likeness (QED) is 0.920. The summed E-state index contributed by atoms with van der Waals surface area (Å²) in [6.45, 7) is 5.30. The minimum absolute atomic E-state index is 0.0125. The van der Waals surface area contributed by atoms with Crippen LogP contribution in [-0.2, 0) is 4.79 Å². The first-order chi connectivity index (χ1) is 11.4. The fraction of sp³-hybridized carbons (Fsp3) is 0.444. The highest BCUT2D eigenvalue weighted by atomic mass is 16.5. The number of amides is 3. The van der Waals surface area contributed by atoms with Crippen LogP contribution in [0.25, 0.3) is 0 Å². The third-order valence-electron chi connectivity index (χ3n) is 4.47. The number of para-hydroxylation sites is 1. The standard InChI is InChI=1S/C18H23N3O3/c1-11(2)9-21-10-13-15(17(21)22)16(19-18(23)20(13)3)12-7-5-6-8-14(12)24-4/h5-8,11,16H,9-10H2,1-4H3,(H,19,23). The minimum Gasteiger partial charge on any atom is -0.496 e. The van der Waals surface area contributed by atoms with Gasteiger partial charge < -0.3 is 15.0 Å². The van der Waals surface area contributed by atoms with E-state index >= 15 is 0 Å². The zero-order chi connectivity index (χ0) is 17.4. The Bertz CT molecular complexity index is 711. The second-order valence-electron chi connectivity index (χ2n) is 6.62. The molecule has 128 valence electrons. The van der Waals surface area contributed by atoms with Crippen LogP contribution in [0.1, 0.15) is 25.5 Å². The van der Waals surface area contributed by atoms with Gasteiger partial charge in [-0.1, -0.05) is 32.0 Å². The summed E-state index contributed by atoms with van der Waals surface area (Å²) >= 11 is 0. The Morgan fingerprint density at radius 1 is 1.29 bits per heavy atom. The molecule has 0 radical (unpaired) electrons. The highest BCUT2D eigenvalue weighted by Crippen LogP contribution is 2.38. The molecule has 2 heterocycles. The van der Waals surface area contributed by atoms with E-state index in [9.17, 15) is 9.59 Å². The fourth-order valence-electron chi connectivity index (χ4n) is 3.35. The summed E-state index contributed by atoms with van der Waals surface area (Å²) in [5, 5.41) is 2.93. The van der Waals surface area contributed by atoms with Crippen LogP contribution in [-0.4, -0.2) is 49.0 Å². The topological polar surface area (TPSA) is 61.9 Å². The lowest BCUT2D eigenvalue weighted by Crippen LogP contribution is -2.45. The summed E-state index contributed by atoms with van der Waals surface area (Å²) in [6.07, 6.45) is 0. The van der Waals surface area contributed by atoms with Crippen LogP contribution in [0.5, 0.6) is 5.75 Å². The van der Waals surface area contributed by atoms with Gasteiger partial charge in [-0.25, -0.2) is 4.79 Å². The van der Waals surface area contributed by atoms with E-state index in [1.54, 1.807) is 19.1 Å². The normalized spacial score (nSPS) is 20.6. The summed E-state index contributed by atoms with van der Waals surface area (Å²) < 4.78 is 5.42. The Balaban J connectivity index is 2.04. The maximum Gasteiger partial charge on any atom is 0.322 e. The van der Waals surface area contributed by atoms with Crippen molar-refractivity contribution in [3.05, 3.63) is 41.1 Å². The number of nitrogens with one attached hydrogen (secondary N) is 1. The first-order valence-corrected chi connectivity index (χ1v) is 8.13. The van der Waals surface area contributed by atoms with Crippen molar-refractivity contribution < 1.29 is 14.3 Å². The molecule has 0 saturated heterocycles. The van der Waals surface area contributed by atoms with Crippen molar-refractivity contribution in [3.63, 3.8) is 0 Å². The average Bonchev–Trinajstić information content (AvgIpc) is 2.87. The average molecular weight is 329 g/mol. The highest BCUT2D eigenvalue weighted by Gasteiger charge is 2.43. The molecule has 0 saturated carbocycles. The third-order valence-corrected chi connectivity index (χ3v) is 4.47. The molecule has 6 nitrogen and oxygen atoms in total. The van der Waals surface area contributed by atoms with Crippen molar-refractivity contribution in [2.24, 2.45) is 5.92 Å². The second kappa shape index (κ2) is 6.19. The molecule has 1 aromatic rings. The molecule has 24 heavy (non-hydrogen) atoms. The molecule has 1 atom stereocenters. The second-order valence-corrected chi connectivity index (χ2v) is 6.62. The number of carbonyl (C=O) groups is 2. The fourth-order valence-corrected chi connectivity index (χ4v) is 3.35. The number of hydrogen-bond donors (Lipinski definition) is 1. The van der Waals surface area contributed by atoms with Crippen molar-refractivity contribution in [3.8, 4) is 5.75 Å². The summed E-state index contributed by atoms with van der Waals surface area (Å²) in [6, 6.07) is 6.79. The molecule has 3 rings (SSSR count). The van der Waals surface area contributed by atoms with E-state index in [1.165, 1.54) is 0 Å². The van der Waals surface area contributed by atoms with Gasteiger partial charge in [0.2, 0.25) is 0 Å². The Hall–Kier alpha value is -2.50. The molecule has 2 aliphatic heterocycles. The predicted octanol–water partition coefficient (Wildman–Crippen LogP) is 2.14. The number of urea groups is 1. The number of rotatable bonds is 4. The van der Waals surface area contributed by atoms with Crippen LogP contribution in [0, 0.1) is 5.92 Å². The number of nitrogens with zero attached hydrogens (tertiary/aromatic N) is 2. The Kier molecular flexibility index (Phi) is 4.22. The van der Waals surface area contributed by atoms with E-state index in [-0.39, 0.29) is 11.9 Å². The molecule has 0 spiro atoms. The van der Waals surface area contributed by atoms with Gasteiger partial charge in [-0.05, 0) is 12.0 Å². The first kappa shape index (κ1) is 16.4. The van der Waals surface area contributed by atoms with Gasteiger partial charge in [0.1, 0.15) is 5.75 Å². The largest absolute Gasteiger partial charge is 0.496 e. The van der Waals surface area contributed by atoms with Crippen LogP contribution < -0.4 is 10.1 Å². The SMILES string of the molecule is COc1ccccc1C1NC(=O)N(C)C2=C1C(=O)N(CC(C)C)C2. The van der Waals surface area contributed by atoms with Gasteiger partial charge in [-0.15, -0.1) is 0 Å². The van der Waals surface area contributed by atoms with Gasteiger partial charge in [-0.2, -0.15) is 0 Å². The van der Waals surface area contributed by atoms with Crippen molar-refractivity contribution in [2.45, 2.75) is 19.9 Å². The van der Waals surface area contributed by atoms with Gasteiger partial charge in [0.25, 0.3) is 5.91 Å². The molecule has 6 heteroatoms. The van der Waals surface area contributed by atoms with E-state index in [1.807, 2.05) is 29.2 Å². The van der Waals surface area contributed by atoms with Crippen molar-refractivity contribution in [1.29, 1.82) is 0 Å². The maximum absolute atomic E-state index is 13.0. The highest BCUT2D eigenvalue weighted by molar-refractivity contribution is 6.01. The van der Waals surface area contributed by atoms with Gasteiger partial charge in [-0.3, -0.25) is 9.69 Å². The van der Waals surface area contributed by atoms with Crippen LogP contribution in [0.2, 0.25) is 0 Å². The number of hydrogen-bond acceptors (Lipinski definition) is 3. The molecular formula is C18H23N3O3. The lowest BCUT2D eigenvalue weighted by Gasteiger charge is -2.31. The molecule has 0 aliphatic carbocycles. The monoisotopic (exact) mass is 329 g/mol. The van der Waals surface area contributed by atoms with Crippen molar-refractivity contribution in [2.75, 3.05) is 27.2 Å². The molecule has 0 aromatic heterocycles. The van der Waals surface area contributed by atoms with Gasteiger partial charge in [0.15, 0.2) is 0 Å². The predicted molar refractivity (Wildman–Crippen MR) is 90.5 cm³/mol. The molecule has 1 unspecified atom stereocenters. The van der Waals surface area contributed by atoms with Crippen LogP contribution in [0.4, 0.5) is 4.79 Å². The molecule has 3 amide bonds. The van der Waals surface area contributed by atoms with Crippen LogP contribution in [0.15, 0.2) is 35.5 Å². The molecule has 1 aromatic carbocycles. The zero-order valence-corrected chi connectivity index (χ0v) is 14.5. The Morgan fingerprint density at radius 3 is 2.67 bits per heavy atom. The molecule has 0 bridgehead atoms. The van der Waals surface area contributed by atoms with E-state index in [4.69, 9.17) is 4.74 Å². The number of methoxy groups -OCH3 is 1. The van der Waals surface area contributed by atoms with Gasteiger partial charge >= 0.3 is 6.03 Å². The summed E-state index contributed by atoms with van der Waals surface area (Å²) in [5.74, 6) is 1.02. The van der Waals surface area contributed by atoms with E-state index in [0.29, 0.717) is 30.3 Å². The van der Waals surface area contributed by atoms with Crippen molar-refractivity contribution >= 4 is 11.9 Å². The first-order valence-electron chi connectivity index (χ1n) is 8.13. The summed E-state index contributed by atoms with van der Waals surface area (Å²) in [4.78, 5) is 28.7. The number of carbonyl (C=O) groups excluding carboxylic acids is 2. The van der Waals surface area contributed by atoms with E-state index in [2.05, 4.69) is 19.2 Å². The maximum atomic E-state index is 13.0. The summed E-state index contributed by atoms with van der Waals surface area (Å²) in [5.41, 5.74) is 2.22. The minimum atomic E-state index is -0.482. The van der Waals surface area contributed by atoms with Crippen molar-refractivity contribution in [1.82, 2.24) is 15.1 Å². The van der Waals surface area contributed by atoms with Gasteiger partial charge in [0.05, 0.1) is 31.0 Å². The molecule has 1 N–H and O–H groups in total. The molecule has 0 fully saturated rings. The van der Waals surface area contributed by atoms with Crippen LogP contribution >= 0.6 is 0 Å². The number of benzene rings is 1. The molecular weight excluding hydrogens is 306 g/mol. The lowest BCUT2D eigenvalue weighted by atomic mass is 9.95. The zero-order valence-electron chi connectivity index (χ0n) is 14.5. The Labute approximate surface area is 142 Å². The van der Waals surface area contributed by atoms with Gasteiger partial charge in [0, 0.05) is 19.2 Å². The number of ether oxygens (including phenoxy) is 1. The third kappa shape index (κ3) is 2.62. The van der Waals surface area contributed by atoms with E-state index < -0.39 is 6.04 Å². The summed E-state index contributed by atoms with van der Waals surface area (Å²) in [7, 11) is 3.29. The number of likely N-dealkylation sites (N-methyl/N-ethyl adjacent to an activating group) is 1. The Morgan fingerprint density at radius 2 is 2.00 bits per heavy atom. The lowest BCUT2D eigenvalue weighted by molar-refractivity contribution is -0.126.